The summed E-state index contributed by atoms with van der Waals surface area (Å²) < 4.78 is 33.1. The number of para-hydroxylation sites is 1. The molecule has 1 aliphatic heterocycles. The summed E-state index contributed by atoms with van der Waals surface area (Å²) in [5.41, 5.74) is 0.492. The van der Waals surface area contributed by atoms with Crippen LogP contribution in [0.5, 0.6) is 5.75 Å². The Morgan fingerprint density at radius 2 is 2.00 bits per heavy atom. The van der Waals surface area contributed by atoms with Gasteiger partial charge in [-0.3, -0.25) is 10.1 Å². The third-order valence-electron chi connectivity index (χ3n) is 4.33. The van der Waals surface area contributed by atoms with Crippen LogP contribution < -0.4 is 10.1 Å². The largest absolute Gasteiger partial charge is 0.496 e. The molecule has 3 rings (SSSR count). The van der Waals surface area contributed by atoms with Crippen LogP contribution in [0.2, 0.25) is 0 Å². The SMILES string of the molecule is COc1ccccc1C1CNCCN1S(=O)(=O)c1cccc([N+](=O)[O-])c1. The second-order valence-corrected chi connectivity index (χ2v) is 7.72. The summed E-state index contributed by atoms with van der Waals surface area (Å²) >= 11 is 0. The highest BCUT2D eigenvalue weighted by Crippen LogP contribution is 2.34. The Morgan fingerprint density at radius 1 is 1.23 bits per heavy atom. The highest BCUT2D eigenvalue weighted by molar-refractivity contribution is 7.89. The molecule has 1 saturated heterocycles. The normalized spacial score (nSPS) is 18.4. The maximum Gasteiger partial charge on any atom is 0.270 e. The highest BCUT2D eigenvalue weighted by atomic mass is 32.2. The molecule has 0 spiro atoms. The number of nitrogens with one attached hydrogen (secondary N) is 1. The number of rotatable bonds is 5. The third kappa shape index (κ3) is 3.41. The van der Waals surface area contributed by atoms with Gasteiger partial charge in [-0.05, 0) is 12.1 Å². The van der Waals surface area contributed by atoms with E-state index in [0.717, 1.165) is 11.6 Å². The number of benzene rings is 2. The Bertz CT molecular complexity index is 916. The molecule has 1 aliphatic rings. The van der Waals surface area contributed by atoms with Crippen LogP contribution in [-0.4, -0.2) is 44.4 Å². The van der Waals surface area contributed by atoms with Gasteiger partial charge in [0.15, 0.2) is 0 Å². The zero-order valence-corrected chi connectivity index (χ0v) is 15.0. The van der Waals surface area contributed by atoms with Crippen molar-refractivity contribution in [1.82, 2.24) is 9.62 Å². The first-order valence-electron chi connectivity index (χ1n) is 8.05. The maximum atomic E-state index is 13.2. The summed E-state index contributed by atoms with van der Waals surface area (Å²) in [5.74, 6) is 0.598. The van der Waals surface area contributed by atoms with Crippen molar-refractivity contribution in [3.05, 3.63) is 64.2 Å². The van der Waals surface area contributed by atoms with Crippen molar-refractivity contribution >= 4 is 15.7 Å². The van der Waals surface area contributed by atoms with Crippen LogP contribution in [0.25, 0.3) is 0 Å². The molecule has 2 aromatic rings. The lowest BCUT2D eigenvalue weighted by Crippen LogP contribution is -2.48. The molecule has 0 amide bonds. The van der Waals surface area contributed by atoms with E-state index in [4.69, 9.17) is 4.74 Å². The van der Waals surface area contributed by atoms with Gasteiger partial charge in [0.1, 0.15) is 5.75 Å². The lowest BCUT2D eigenvalue weighted by atomic mass is 10.0. The van der Waals surface area contributed by atoms with E-state index < -0.39 is 21.0 Å². The lowest BCUT2D eigenvalue weighted by Gasteiger charge is -2.36. The number of nitrogens with zero attached hydrogens (tertiary/aromatic N) is 2. The van der Waals surface area contributed by atoms with Gasteiger partial charge in [0.05, 0.1) is 23.0 Å². The molecular formula is C17H19N3O5S. The zero-order chi connectivity index (χ0) is 18.7. The fourth-order valence-electron chi connectivity index (χ4n) is 3.07. The van der Waals surface area contributed by atoms with Gasteiger partial charge >= 0.3 is 0 Å². The first-order chi connectivity index (χ1) is 12.4. The summed E-state index contributed by atoms with van der Waals surface area (Å²) in [6.45, 7) is 1.18. The van der Waals surface area contributed by atoms with Gasteiger partial charge in [-0.25, -0.2) is 8.42 Å². The molecule has 138 valence electrons. The molecule has 1 fully saturated rings. The number of nitro benzene ring substituents is 1. The Kier molecular flexibility index (Phi) is 5.21. The molecule has 0 saturated carbocycles. The van der Waals surface area contributed by atoms with Gasteiger partial charge in [-0.15, -0.1) is 0 Å². The smallest absolute Gasteiger partial charge is 0.270 e. The molecule has 1 N–H and O–H groups in total. The van der Waals surface area contributed by atoms with E-state index in [1.165, 1.54) is 29.6 Å². The minimum Gasteiger partial charge on any atom is -0.496 e. The van der Waals surface area contributed by atoms with E-state index in [1.807, 2.05) is 18.2 Å². The molecule has 1 atom stereocenters. The van der Waals surface area contributed by atoms with Crippen molar-refractivity contribution < 1.29 is 18.1 Å². The van der Waals surface area contributed by atoms with Gasteiger partial charge < -0.3 is 10.1 Å². The summed E-state index contributed by atoms with van der Waals surface area (Å²) in [6, 6.07) is 11.9. The molecule has 2 aromatic carbocycles. The van der Waals surface area contributed by atoms with Crippen molar-refractivity contribution in [3.63, 3.8) is 0 Å². The second kappa shape index (κ2) is 7.40. The third-order valence-corrected chi connectivity index (χ3v) is 6.23. The Hall–Kier alpha value is -2.49. The zero-order valence-electron chi connectivity index (χ0n) is 14.2. The monoisotopic (exact) mass is 377 g/mol. The summed E-state index contributed by atoms with van der Waals surface area (Å²) in [5, 5.41) is 14.2. The number of sulfonamides is 1. The number of ether oxygens (including phenoxy) is 1. The van der Waals surface area contributed by atoms with E-state index >= 15 is 0 Å². The van der Waals surface area contributed by atoms with Crippen LogP contribution in [0.3, 0.4) is 0 Å². The minimum atomic E-state index is -3.91. The predicted octanol–water partition coefficient (Wildman–Crippen LogP) is 1.94. The molecule has 0 radical (unpaired) electrons. The van der Waals surface area contributed by atoms with Crippen LogP contribution in [0, 0.1) is 10.1 Å². The summed E-state index contributed by atoms with van der Waals surface area (Å²) in [7, 11) is -2.37. The Morgan fingerprint density at radius 3 is 2.73 bits per heavy atom. The van der Waals surface area contributed by atoms with E-state index in [-0.39, 0.29) is 17.1 Å². The van der Waals surface area contributed by atoms with Crippen LogP contribution in [-0.2, 0) is 10.0 Å². The molecule has 0 bridgehead atoms. The Labute approximate surface area is 151 Å². The molecule has 0 aromatic heterocycles. The van der Waals surface area contributed by atoms with E-state index in [9.17, 15) is 18.5 Å². The van der Waals surface area contributed by atoms with Gasteiger partial charge in [0.25, 0.3) is 5.69 Å². The van der Waals surface area contributed by atoms with E-state index in [2.05, 4.69) is 5.32 Å². The van der Waals surface area contributed by atoms with Crippen LogP contribution in [0.4, 0.5) is 5.69 Å². The number of piperazine rings is 1. The summed E-state index contributed by atoms with van der Waals surface area (Å²) in [6.07, 6.45) is 0. The lowest BCUT2D eigenvalue weighted by molar-refractivity contribution is -0.385. The van der Waals surface area contributed by atoms with Crippen LogP contribution in [0.15, 0.2) is 53.4 Å². The first kappa shape index (κ1) is 18.3. The molecule has 9 heteroatoms. The van der Waals surface area contributed by atoms with Gasteiger partial charge in [0, 0.05) is 37.3 Å². The molecule has 8 nitrogen and oxygen atoms in total. The van der Waals surface area contributed by atoms with Crippen molar-refractivity contribution in [3.8, 4) is 5.75 Å². The standard InChI is InChI=1S/C17H19N3O5S/c1-25-17-8-3-2-7-15(17)16-12-18-9-10-19(16)26(23,24)14-6-4-5-13(11-14)20(21)22/h2-8,11,16,18H,9-10,12H2,1H3. The maximum absolute atomic E-state index is 13.2. The molecule has 26 heavy (non-hydrogen) atoms. The van der Waals surface area contributed by atoms with Crippen molar-refractivity contribution in [2.24, 2.45) is 0 Å². The second-order valence-electron chi connectivity index (χ2n) is 5.83. The minimum absolute atomic E-state index is 0.0894. The topological polar surface area (TPSA) is 102 Å². The van der Waals surface area contributed by atoms with Crippen molar-refractivity contribution in [1.29, 1.82) is 0 Å². The summed E-state index contributed by atoms with van der Waals surface area (Å²) in [4.78, 5) is 10.3. The van der Waals surface area contributed by atoms with Crippen molar-refractivity contribution in [2.75, 3.05) is 26.7 Å². The molecule has 1 heterocycles. The van der Waals surface area contributed by atoms with Crippen LogP contribution >= 0.6 is 0 Å². The first-order valence-corrected chi connectivity index (χ1v) is 9.49. The number of hydrogen-bond acceptors (Lipinski definition) is 6. The number of methoxy groups -OCH3 is 1. The number of non-ortho nitro benzene ring substituents is 1. The molecule has 1 unspecified atom stereocenters. The molecule has 0 aliphatic carbocycles. The fourth-order valence-corrected chi connectivity index (χ4v) is 4.72. The molecular weight excluding hydrogens is 358 g/mol. The number of hydrogen-bond donors (Lipinski definition) is 1. The van der Waals surface area contributed by atoms with E-state index in [0.29, 0.717) is 18.8 Å². The Balaban J connectivity index is 2.04. The van der Waals surface area contributed by atoms with Gasteiger partial charge in [-0.2, -0.15) is 4.31 Å². The average Bonchev–Trinajstić information content (AvgIpc) is 2.68. The van der Waals surface area contributed by atoms with E-state index in [1.54, 1.807) is 6.07 Å². The average molecular weight is 377 g/mol. The van der Waals surface area contributed by atoms with Crippen LogP contribution in [0.1, 0.15) is 11.6 Å². The highest BCUT2D eigenvalue weighted by Gasteiger charge is 2.36. The predicted molar refractivity (Wildman–Crippen MR) is 95.6 cm³/mol. The quantitative estimate of drug-likeness (QED) is 0.631. The van der Waals surface area contributed by atoms with Gasteiger partial charge in [-0.1, -0.05) is 24.3 Å². The number of nitro groups is 1. The van der Waals surface area contributed by atoms with Gasteiger partial charge in [0.2, 0.25) is 10.0 Å². The fraction of sp³-hybridized carbons (Fsp3) is 0.294. The van der Waals surface area contributed by atoms with Crippen molar-refractivity contribution in [2.45, 2.75) is 10.9 Å².